The summed E-state index contributed by atoms with van der Waals surface area (Å²) < 4.78 is 7.61. The molecule has 5 heteroatoms. The summed E-state index contributed by atoms with van der Waals surface area (Å²) in [7, 11) is 0. The number of nitrogens with one attached hydrogen (secondary N) is 1. The predicted molar refractivity (Wildman–Crippen MR) is 101 cm³/mol. The van der Waals surface area contributed by atoms with Crippen LogP contribution in [0.3, 0.4) is 0 Å². The number of amides is 1. The van der Waals surface area contributed by atoms with Crippen LogP contribution < -0.4 is 5.32 Å². The summed E-state index contributed by atoms with van der Waals surface area (Å²) in [5, 5.41) is 3.00. The molecule has 3 heterocycles. The molecular formula is C21H23N3O2. The molecule has 1 aromatic carbocycles. The molecule has 0 bridgehead atoms. The molecule has 5 nitrogen and oxygen atoms in total. The molecule has 1 saturated heterocycles. The first-order valence-electron chi connectivity index (χ1n) is 9.23. The van der Waals surface area contributed by atoms with E-state index >= 15 is 0 Å². The van der Waals surface area contributed by atoms with Gasteiger partial charge in [-0.1, -0.05) is 30.3 Å². The monoisotopic (exact) mass is 349 g/mol. The first-order chi connectivity index (χ1) is 12.8. The van der Waals surface area contributed by atoms with E-state index < -0.39 is 0 Å². The molecule has 134 valence electrons. The molecule has 1 atom stereocenters. The Balaban J connectivity index is 1.42. The average molecular weight is 349 g/mol. The van der Waals surface area contributed by atoms with Crippen LogP contribution in [0.1, 0.15) is 36.0 Å². The van der Waals surface area contributed by atoms with Gasteiger partial charge < -0.3 is 14.5 Å². The number of benzene rings is 1. The van der Waals surface area contributed by atoms with E-state index in [-0.39, 0.29) is 12.0 Å². The minimum Gasteiger partial charge on any atom is -0.378 e. The lowest BCUT2D eigenvalue weighted by atomic mass is 10.1. The van der Waals surface area contributed by atoms with Crippen LogP contribution in [0, 0.1) is 0 Å². The number of nitrogens with zero attached hydrogens (tertiary/aromatic N) is 2. The van der Waals surface area contributed by atoms with Gasteiger partial charge >= 0.3 is 0 Å². The second-order valence-corrected chi connectivity index (χ2v) is 6.71. The van der Waals surface area contributed by atoms with Gasteiger partial charge in [0.2, 0.25) is 0 Å². The van der Waals surface area contributed by atoms with Crippen LogP contribution in [0.25, 0.3) is 16.9 Å². The third-order valence-electron chi connectivity index (χ3n) is 4.81. The quantitative estimate of drug-likeness (QED) is 0.764. The van der Waals surface area contributed by atoms with Crippen molar-refractivity contribution in [2.45, 2.75) is 31.8 Å². The lowest BCUT2D eigenvalue weighted by Gasteiger charge is -2.22. The van der Waals surface area contributed by atoms with Gasteiger partial charge in [0.15, 0.2) is 0 Å². The van der Waals surface area contributed by atoms with Crippen molar-refractivity contribution in [3.05, 3.63) is 60.4 Å². The van der Waals surface area contributed by atoms with E-state index in [0.717, 1.165) is 42.8 Å². The van der Waals surface area contributed by atoms with Gasteiger partial charge in [0.25, 0.3) is 5.91 Å². The second kappa shape index (κ2) is 7.70. The maximum absolute atomic E-state index is 12.4. The van der Waals surface area contributed by atoms with Gasteiger partial charge in [-0.05, 0) is 37.8 Å². The van der Waals surface area contributed by atoms with Gasteiger partial charge in [-0.3, -0.25) is 4.79 Å². The Morgan fingerprint density at radius 1 is 1.15 bits per heavy atom. The van der Waals surface area contributed by atoms with E-state index in [4.69, 9.17) is 4.74 Å². The molecule has 0 spiro atoms. The largest absolute Gasteiger partial charge is 0.378 e. The van der Waals surface area contributed by atoms with E-state index in [1.807, 2.05) is 59.3 Å². The molecule has 0 radical (unpaired) electrons. The van der Waals surface area contributed by atoms with Crippen LogP contribution >= 0.6 is 0 Å². The molecule has 1 aliphatic rings. The van der Waals surface area contributed by atoms with Crippen molar-refractivity contribution in [1.82, 2.24) is 14.7 Å². The summed E-state index contributed by atoms with van der Waals surface area (Å²) in [5.41, 5.74) is 3.43. The van der Waals surface area contributed by atoms with Crippen LogP contribution in [0.2, 0.25) is 0 Å². The Labute approximate surface area is 153 Å². The molecule has 2 aromatic heterocycles. The van der Waals surface area contributed by atoms with Crippen molar-refractivity contribution in [1.29, 1.82) is 0 Å². The Kier molecular flexibility index (Phi) is 4.97. The molecule has 1 fully saturated rings. The SMILES string of the molecule is O=C(NCC[C@@H]1CCCCO1)c1ccc2nc(-c3ccccc3)cn2c1. The lowest BCUT2D eigenvalue weighted by molar-refractivity contribution is 0.0117. The van der Waals surface area contributed by atoms with Crippen LogP contribution in [-0.2, 0) is 4.74 Å². The third kappa shape index (κ3) is 3.78. The van der Waals surface area contributed by atoms with Gasteiger partial charge in [-0.2, -0.15) is 0 Å². The maximum Gasteiger partial charge on any atom is 0.252 e. The number of aromatic nitrogens is 2. The smallest absolute Gasteiger partial charge is 0.252 e. The molecule has 0 unspecified atom stereocenters. The Hall–Kier alpha value is -2.66. The fourth-order valence-electron chi connectivity index (χ4n) is 3.36. The van der Waals surface area contributed by atoms with Gasteiger partial charge in [0, 0.05) is 31.1 Å². The molecular weight excluding hydrogens is 326 g/mol. The molecule has 0 saturated carbocycles. The van der Waals surface area contributed by atoms with E-state index in [0.29, 0.717) is 12.1 Å². The molecule has 26 heavy (non-hydrogen) atoms. The summed E-state index contributed by atoms with van der Waals surface area (Å²) in [6.45, 7) is 1.49. The Morgan fingerprint density at radius 2 is 2.04 bits per heavy atom. The normalized spacial score (nSPS) is 17.3. The highest BCUT2D eigenvalue weighted by Crippen LogP contribution is 2.19. The van der Waals surface area contributed by atoms with E-state index in [9.17, 15) is 4.79 Å². The van der Waals surface area contributed by atoms with Crippen molar-refractivity contribution in [2.24, 2.45) is 0 Å². The van der Waals surface area contributed by atoms with E-state index in [2.05, 4.69) is 10.3 Å². The van der Waals surface area contributed by atoms with Gasteiger partial charge in [0.1, 0.15) is 5.65 Å². The topological polar surface area (TPSA) is 55.6 Å². The number of pyridine rings is 1. The molecule has 4 rings (SSSR count). The standard InChI is InChI=1S/C21H23N3O2/c25-21(22-12-11-18-8-4-5-13-26-18)17-9-10-20-23-19(15-24(20)14-17)16-6-2-1-3-7-16/h1-3,6-7,9-10,14-15,18H,4-5,8,11-13H2,(H,22,25)/t18-/m0/s1. The number of ether oxygens (including phenoxy) is 1. The average Bonchev–Trinajstić information content (AvgIpc) is 3.13. The number of imidazole rings is 1. The number of carbonyl (C=O) groups is 1. The van der Waals surface area contributed by atoms with Crippen molar-refractivity contribution >= 4 is 11.6 Å². The van der Waals surface area contributed by atoms with Crippen LogP contribution in [0.15, 0.2) is 54.9 Å². The molecule has 3 aromatic rings. The van der Waals surface area contributed by atoms with Gasteiger partial charge in [-0.25, -0.2) is 4.98 Å². The third-order valence-corrected chi connectivity index (χ3v) is 4.81. The fourth-order valence-corrected chi connectivity index (χ4v) is 3.36. The minimum absolute atomic E-state index is 0.0577. The Bertz CT molecular complexity index is 883. The summed E-state index contributed by atoms with van der Waals surface area (Å²) in [5.74, 6) is -0.0577. The highest BCUT2D eigenvalue weighted by atomic mass is 16.5. The molecule has 1 N–H and O–H groups in total. The fraction of sp³-hybridized carbons (Fsp3) is 0.333. The first kappa shape index (κ1) is 16.8. The highest BCUT2D eigenvalue weighted by molar-refractivity contribution is 5.94. The molecule has 0 aliphatic carbocycles. The number of fused-ring (bicyclic) bond motifs is 1. The number of hydrogen-bond donors (Lipinski definition) is 1. The lowest BCUT2D eigenvalue weighted by Crippen LogP contribution is -2.29. The summed E-state index contributed by atoms with van der Waals surface area (Å²) in [6.07, 6.45) is 8.42. The zero-order chi connectivity index (χ0) is 17.8. The highest BCUT2D eigenvalue weighted by Gasteiger charge is 2.14. The first-order valence-corrected chi connectivity index (χ1v) is 9.23. The molecule has 1 amide bonds. The number of rotatable bonds is 5. The van der Waals surface area contributed by atoms with E-state index in [1.54, 1.807) is 0 Å². The van der Waals surface area contributed by atoms with Crippen molar-refractivity contribution in [3.63, 3.8) is 0 Å². The Morgan fingerprint density at radius 3 is 2.85 bits per heavy atom. The zero-order valence-corrected chi connectivity index (χ0v) is 14.7. The maximum atomic E-state index is 12.4. The number of hydrogen-bond acceptors (Lipinski definition) is 3. The van der Waals surface area contributed by atoms with E-state index in [1.165, 1.54) is 6.42 Å². The zero-order valence-electron chi connectivity index (χ0n) is 14.7. The number of carbonyl (C=O) groups excluding carboxylic acids is 1. The molecule has 1 aliphatic heterocycles. The van der Waals surface area contributed by atoms with Crippen molar-refractivity contribution in [2.75, 3.05) is 13.2 Å². The van der Waals surface area contributed by atoms with Crippen LogP contribution in [0.4, 0.5) is 0 Å². The minimum atomic E-state index is -0.0577. The van der Waals surface area contributed by atoms with Crippen LogP contribution in [-0.4, -0.2) is 34.5 Å². The van der Waals surface area contributed by atoms with Crippen molar-refractivity contribution < 1.29 is 9.53 Å². The van der Waals surface area contributed by atoms with Crippen molar-refractivity contribution in [3.8, 4) is 11.3 Å². The summed E-state index contributed by atoms with van der Waals surface area (Å²) >= 11 is 0. The van der Waals surface area contributed by atoms with Gasteiger partial charge in [0.05, 0.1) is 17.4 Å². The summed E-state index contributed by atoms with van der Waals surface area (Å²) in [6, 6.07) is 13.7. The second-order valence-electron chi connectivity index (χ2n) is 6.71. The summed E-state index contributed by atoms with van der Waals surface area (Å²) in [4.78, 5) is 17.0. The van der Waals surface area contributed by atoms with Crippen LogP contribution in [0.5, 0.6) is 0 Å². The van der Waals surface area contributed by atoms with Gasteiger partial charge in [-0.15, -0.1) is 0 Å². The predicted octanol–water partition coefficient (Wildman–Crippen LogP) is 3.69.